The molecule has 0 atom stereocenters. The molecule has 3 rings (SSSR count). The molecule has 0 N–H and O–H groups in total. The van der Waals surface area contributed by atoms with E-state index in [-0.39, 0.29) is 15.7 Å². The highest BCUT2D eigenvalue weighted by Gasteiger charge is 2.22. The van der Waals surface area contributed by atoms with Gasteiger partial charge in [-0.2, -0.15) is 0 Å². The Bertz CT molecular complexity index is 936. The number of halogens is 2. The molecule has 3 aromatic rings. The van der Waals surface area contributed by atoms with Gasteiger partial charge < -0.3 is 0 Å². The van der Waals surface area contributed by atoms with Crippen molar-refractivity contribution in [2.24, 2.45) is 0 Å². The SMILES string of the molecule is Cc1ccc(S(=O)(=O)n2cc(Br)c3nc(Cl)cnc32)cc1. The molecule has 0 amide bonds. The van der Waals surface area contributed by atoms with E-state index in [2.05, 4.69) is 25.9 Å². The molecule has 0 aliphatic heterocycles. The Morgan fingerprint density at radius 2 is 1.90 bits per heavy atom. The number of benzene rings is 1. The fraction of sp³-hybridized carbons (Fsp3) is 0.0769. The first-order chi connectivity index (χ1) is 9.89. The molecule has 0 spiro atoms. The molecule has 21 heavy (non-hydrogen) atoms. The first kappa shape index (κ1) is 14.5. The number of nitrogens with zero attached hydrogens (tertiary/aromatic N) is 3. The molecule has 0 saturated carbocycles. The van der Waals surface area contributed by atoms with Crippen molar-refractivity contribution in [2.75, 3.05) is 0 Å². The van der Waals surface area contributed by atoms with Crippen molar-refractivity contribution in [2.45, 2.75) is 11.8 Å². The van der Waals surface area contributed by atoms with E-state index in [1.54, 1.807) is 24.3 Å². The molecular weight excluding hydrogens is 378 g/mol. The Labute approximate surface area is 134 Å². The molecule has 0 aliphatic carbocycles. The minimum Gasteiger partial charge on any atom is -0.233 e. The van der Waals surface area contributed by atoms with Crippen LogP contribution in [0.5, 0.6) is 0 Å². The monoisotopic (exact) mass is 385 g/mol. The van der Waals surface area contributed by atoms with Crippen LogP contribution in [0.3, 0.4) is 0 Å². The third-order valence-electron chi connectivity index (χ3n) is 2.97. The van der Waals surface area contributed by atoms with Gasteiger partial charge in [-0.3, -0.25) is 0 Å². The summed E-state index contributed by atoms with van der Waals surface area (Å²) in [5.74, 6) is 0. The number of aryl methyl sites for hydroxylation is 1. The van der Waals surface area contributed by atoms with Gasteiger partial charge in [-0.15, -0.1) is 0 Å². The van der Waals surface area contributed by atoms with E-state index in [1.807, 2.05) is 6.92 Å². The Morgan fingerprint density at radius 1 is 1.24 bits per heavy atom. The molecule has 0 unspecified atom stereocenters. The van der Waals surface area contributed by atoms with Crippen LogP contribution in [0.25, 0.3) is 11.2 Å². The van der Waals surface area contributed by atoms with Crippen molar-refractivity contribution in [3.8, 4) is 0 Å². The molecular formula is C13H9BrClN3O2S. The summed E-state index contributed by atoms with van der Waals surface area (Å²) in [4.78, 5) is 8.35. The van der Waals surface area contributed by atoms with E-state index in [0.29, 0.717) is 9.99 Å². The molecule has 5 nitrogen and oxygen atoms in total. The number of fused-ring (bicyclic) bond motifs is 1. The minimum absolute atomic E-state index is 0.189. The van der Waals surface area contributed by atoms with Gasteiger partial charge in [-0.1, -0.05) is 29.3 Å². The predicted octanol–water partition coefficient (Wildman–Crippen LogP) is 3.39. The van der Waals surface area contributed by atoms with Crippen molar-refractivity contribution in [1.82, 2.24) is 13.9 Å². The van der Waals surface area contributed by atoms with Crippen molar-refractivity contribution in [3.63, 3.8) is 0 Å². The molecule has 0 saturated heterocycles. The number of hydrogen-bond acceptors (Lipinski definition) is 4. The Hall–Kier alpha value is -1.44. The van der Waals surface area contributed by atoms with E-state index in [4.69, 9.17) is 11.6 Å². The van der Waals surface area contributed by atoms with Gasteiger partial charge in [0.25, 0.3) is 10.0 Å². The Kier molecular flexibility index (Phi) is 3.51. The van der Waals surface area contributed by atoms with Gasteiger partial charge in [0.05, 0.1) is 15.6 Å². The fourth-order valence-electron chi connectivity index (χ4n) is 1.91. The minimum atomic E-state index is -3.73. The third kappa shape index (κ3) is 2.45. The van der Waals surface area contributed by atoms with Crippen LogP contribution in [0.1, 0.15) is 5.56 Å². The Balaban J connectivity index is 2.26. The zero-order chi connectivity index (χ0) is 15.2. The van der Waals surface area contributed by atoms with Gasteiger partial charge in [-0.05, 0) is 35.0 Å². The van der Waals surface area contributed by atoms with Crippen molar-refractivity contribution in [3.05, 3.63) is 51.8 Å². The van der Waals surface area contributed by atoms with E-state index in [9.17, 15) is 8.42 Å². The second-order valence-electron chi connectivity index (χ2n) is 4.46. The predicted molar refractivity (Wildman–Crippen MR) is 84.0 cm³/mol. The number of hydrogen-bond donors (Lipinski definition) is 0. The average molecular weight is 387 g/mol. The fourth-order valence-corrected chi connectivity index (χ4v) is 3.97. The Morgan fingerprint density at radius 3 is 2.57 bits per heavy atom. The summed E-state index contributed by atoms with van der Waals surface area (Å²) in [6.07, 6.45) is 2.74. The van der Waals surface area contributed by atoms with Crippen LogP contribution in [0.15, 0.2) is 46.0 Å². The van der Waals surface area contributed by atoms with Gasteiger partial charge in [0.2, 0.25) is 0 Å². The van der Waals surface area contributed by atoms with Crippen LogP contribution in [0.4, 0.5) is 0 Å². The second-order valence-corrected chi connectivity index (χ2v) is 7.51. The first-order valence-corrected chi connectivity index (χ1v) is 8.52. The molecule has 0 radical (unpaired) electrons. The highest BCUT2D eigenvalue weighted by molar-refractivity contribution is 9.10. The highest BCUT2D eigenvalue weighted by atomic mass is 79.9. The highest BCUT2D eigenvalue weighted by Crippen LogP contribution is 2.27. The molecule has 108 valence electrons. The molecule has 8 heteroatoms. The van der Waals surface area contributed by atoms with Crippen molar-refractivity contribution < 1.29 is 8.42 Å². The first-order valence-electron chi connectivity index (χ1n) is 5.91. The topological polar surface area (TPSA) is 64.8 Å². The van der Waals surface area contributed by atoms with Crippen molar-refractivity contribution >= 4 is 48.7 Å². The summed E-state index contributed by atoms with van der Waals surface area (Å²) < 4.78 is 27.0. The molecule has 2 heterocycles. The van der Waals surface area contributed by atoms with Crippen LogP contribution < -0.4 is 0 Å². The van der Waals surface area contributed by atoms with E-state index in [1.165, 1.54) is 12.4 Å². The lowest BCUT2D eigenvalue weighted by atomic mass is 10.2. The van der Waals surface area contributed by atoms with Gasteiger partial charge in [0, 0.05) is 6.20 Å². The second kappa shape index (κ2) is 5.08. The zero-order valence-electron chi connectivity index (χ0n) is 10.8. The number of rotatable bonds is 2. The summed E-state index contributed by atoms with van der Waals surface area (Å²) in [6.45, 7) is 1.89. The third-order valence-corrected chi connectivity index (χ3v) is 5.39. The summed E-state index contributed by atoms with van der Waals surface area (Å²) >= 11 is 9.08. The summed E-state index contributed by atoms with van der Waals surface area (Å²) in [5, 5.41) is 0.202. The van der Waals surface area contributed by atoms with Gasteiger partial charge in [0.1, 0.15) is 10.7 Å². The molecule has 2 aromatic heterocycles. The van der Waals surface area contributed by atoms with Gasteiger partial charge >= 0.3 is 0 Å². The molecule has 0 fully saturated rings. The smallest absolute Gasteiger partial charge is 0.233 e. The molecule has 1 aromatic carbocycles. The molecule has 0 aliphatic rings. The lowest BCUT2D eigenvalue weighted by Gasteiger charge is -2.06. The molecule has 0 bridgehead atoms. The quantitative estimate of drug-likeness (QED) is 0.677. The van der Waals surface area contributed by atoms with Crippen LogP contribution >= 0.6 is 27.5 Å². The largest absolute Gasteiger partial charge is 0.269 e. The van der Waals surface area contributed by atoms with E-state index in [0.717, 1.165) is 9.54 Å². The summed E-state index contributed by atoms with van der Waals surface area (Å²) in [7, 11) is -3.73. The number of aromatic nitrogens is 3. The van der Waals surface area contributed by atoms with Gasteiger partial charge in [-0.25, -0.2) is 22.4 Å². The standard InChI is InChI=1S/C13H9BrClN3O2S/c1-8-2-4-9(5-3-8)21(19,20)18-7-10(14)12-13(18)16-6-11(15)17-12/h2-7H,1H3. The van der Waals surface area contributed by atoms with Crippen molar-refractivity contribution in [1.29, 1.82) is 0 Å². The lowest BCUT2D eigenvalue weighted by Crippen LogP contribution is -2.12. The van der Waals surface area contributed by atoms with E-state index >= 15 is 0 Å². The van der Waals surface area contributed by atoms with Gasteiger partial charge in [0.15, 0.2) is 5.65 Å². The summed E-state index contributed by atoms with van der Waals surface area (Å²) in [6, 6.07) is 6.62. The zero-order valence-corrected chi connectivity index (χ0v) is 13.9. The van der Waals surface area contributed by atoms with Crippen LogP contribution in [-0.4, -0.2) is 22.4 Å². The van der Waals surface area contributed by atoms with Crippen LogP contribution in [-0.2, 0) is 10.0 Å². The van der Waals surface area contributed by atoms with Crippen LogP contribution in [0, 0.1) is 6.92 Å². The van der Waals surface area contributed by atoms with Crippen LogP contribution in [0.2, 0.25) is 5.15 Å². The summed E-state index contributed by atoms with van der Waals surface area (Å²) in [5.41, 5.74) is 1.61. The van der Waals surface area contributed by atoms with E-state index < -0.39 is 10.0 Å². The normalized spacial score (nSPS) is 12.0. The maximum Gasteiger partial charge on any atom is 0.269 e. The maximum absolute atomic E-state index is 12.7. The lowest BCUT2D eigenvalue weighted by molar-refractivity contribution is 0.588. The maximum atomic E-state index is 12.7. The average Bonchev–Trinajstić information content (AvgIpc) is 2.77.